The minimum absolute atomic E-state index is 0.157. The van der Waals surface area contributed by atoms with E-state index in [1.54, 1.807) is 12.1 Å². The van der Waals surface area contributed by atoms with Gasteiger partial charge in [-0.2, -0.15) is 0 Å². The first-order valence-corrected chi connectivity index (χ1v) is 9.66. The average molecular weight is 428 g/mol. The first kappa shape index (κ1) is 20.6. The van der Waals surface area contributed by atoms with Crippen LogP contribution in [0.1, 0.15) is 50.4 Å². The van der Waals surface area contributed by atoms with Crippen molar-refractivity contribution >= 4 is 27.8 Å². The van der Waals surface area contributed by atoms with Crippen molar-refractivity contribution in [2.24, 2.45) is 0 Å². The summed E-state index contributed by atoms with van der Waals surface area (Å²) in [5.41, 5.74) is 0.296. The standard InChI is InChI=1S/C19H26BrNO5/c1-5-25-18-15(20)9-14(10-16(18)24-4)19(23)26-11-17(22)21-12(2)7-6-8-13(21)3/h9-10,12-13H,5-8,11H2,1-4H3. The number of hydrogen-bond acceptors (Lipinski definition) is 5. The van der Waals surface area contributed by atoms with E-state index in [9.17, 15) is 9.59 Å². The van der Waals surface area contributed by atoms with E-state index in [0.29, 0.717) is 28.1 Å². The molecular weight excluding hydrogens is 402 g/mol. The minimum Gasteiger partial charge on any atom is -0.493 e. The number of nitrogens with zero attached hydrogens (tertiary/aromatic N) is 1. The molecule has 1 heterocycles. The molecule has 0 radical (unpaired) electrons. The second-order valence-corrected chi connectivity index (χ2v) is 7.28. The zero-order valence-corrected chi connectivity index (χ0v) is 17.3. The summed E-state index contributed by atoms with van der Waals surface area (Å²) in [7, 11) is 1.50. The molecule has 0 spiro atoms. The molecule has 0 aromatic heterocycles. The van der Waals surface area contributed by atoms with Crippen molar-refractivity contribution in [1.29, 1.82) is 0 Å². The fraction of sp³-hybridized carbons (Fsp3) is 0.579. The van der Waals surface area contributed by atoms with Crippen molar-refractivity contribution in [3.05, 3.63) is 22.2 Å². The van der Waals surface area contributed by atoms with E-state index in [1.165, 1.54) is 7.11 Å². The lowest BCUT2D eigenvalue weighted by atomic mass is 9.97. The Balaban J connectivity index is 2.05. The molecule has 1 aliphatic heterocycles. The van der Waals surface area contributed by atoms with Gasteiger partial charge >= 0.3 is 5.97 Å². The second kappa shape index (κ2) is 9.26. The van der Waals surface area contributed by atoms with Gasteiger partial charge in [-0.25, -0.2) is 4.79 Å². The number of piperidine rings is 1. The predicted octanol–water partition coefficient (Wildman–Crippen LogP) is 3.80. The number of ether oxygens (including phenoxy) is 3. The van der Waals surface area contributed by atoms with Crippen LogP contribution in [0.3, 0.4) is 0 Å². The van der Waals surface area contributed by atoms with E-state index in [2.05, 4.69) is 15.9 Å². The number of methoxy groups -OCH3 is 1. The van der Waals surface area contributed by atoms with E-state index in [-0.39, 0.29) is 24.6 Å². The fourth-order valence-corrected chi connectivity index (χ4v) is 3.88. The molecule has 0 aliphatic carbocycles. The van der Waals surface area contributed by atoms with Gasteiger partial charge in [-0.15, -0.1) is 0 Å². The number of hydrogen-bond donors (Lipinski definition) is 0. The molecule has 2 unspecified atom stereocenters. The summed E-state index contributed by atoms with van der Waals surface area (Å²) in [6.07, 6.45) is 3.08. The number of benzene rings is 1. The van der Waals surface area contributed by atoms with Crippen molar-refractivity contribution in [2.75, 3.05) is 20.3 Å². The molecule has 2 atom stereocenters. The second-order valence-electron chi connectivity index (χ2n) is 6.43. The smallest absolute Gasteiger partial charge is 0.338 e. The Bertz CT molecular complexity index is 654. The van der Waals surface area contributed by atoms with Gasteiger partial charge in [0.1, 0.15) is 0 Å². The summed E-state index contributed by atoms with van der Waals surface area (Å²) in [5, 5.41) is 0. The monoisotopic (exact) mass is 427 g/mol. The van der Waals surface area contributed by atoms with Crippen LogP contribution in [-0.4, -0.2) is 49.2 Å². The Morgan fingerprint density at radius 2 is 1.88 bits per heavy atom. The molecule has 1 aromatic carbocycles. The maximum Gasteiger partial charge on any atom is 0.338 e. The first-order valence-electron chi connectivity index (χ1n) is 8.87. The minimum atomic E-state index is -0.572. The molecule has 0 N–H and O–H groups in total. The quantitative estimate of drug-likeness (QED) is 0.645. The number of esters is 1. The Hall–Kier alpha value is -1.76. The van der Waals surface area contributed by atoms with Crippen LogP contribution in [0.5, 0.6) is 11.5 Å². The van der Waals surface area contributed by atoms with Gasteiger partial charge in [-0.1, -0.05) is 0 Å². The highest BCUT2D eigenvalue weighted by atomic mass is 79.9. The first-order chi connectivity index (χ1) is 12.4. The summed E-state index contributed by atoms with van der Waals surface area (Å²) in [5.74, 6) is 0.226. The van der Waals surface area contributed by atoms with Gasteiger partial charge in [0, 0.05) is 12.1 Å². The molecule has 1 aromatic rings. The summed E-state index contributed by atoms with van der Waals surface area (Å²) in [6, 6.07) is 3.50. The lowest BCUT2D eigenvalue weighted by Crippen LogP contribution is -2.49. The molecule has 0 bridgehead atoms. The van der Waals surface area contributed by atoms with Crippen LogP contribution in [0.2, 0.25) is 0 Å². The summed E-state index contributed by atoms with van der Waals surface area (Å²) in [4.78, 5) is 26.7. The zero-order valence-electron chi connectivity index (χ0n) is 15.7. The van der Waals surface area contributed by atoms with Crippen molar-refractivity contribution < 1.29 is 23.8 Å². The van der Waals surface area contributed by atoms with Crippen molar-refractivity contribution in [3.63, 3.8) is 0 Å². The van der Waals surface area contributed by atoms with Crippen LogP contribution in [0.25, 0.3) is 0 Å². The predicted molar refractivity (Wildman–Crippen MR) is 102 cm³/mol. The molecule has 2 rings (SSSR count). The maximum absolute atomic E-state index is 12.5. The topological polar surface area (TPSA) is 65.1 Å². The molecule has 7 heteroatoms. The van der Waals surface area contributed by atoms with Gasteiger partial charge in [-0.3, -0.25) is 4.79 Å². The molecule has 144 valence electrons. The third-order valence-corrected chi connectivity index (χ3v) is 5.15. The largest absolute Gasteiger partial charge is 0.493 e. The number of halogens is 1. The number of carbonyl (C=O) groups is 2. The van der Waals surface area contributed by atoms with Crippen molar-refractivity contribution in [2.45, 2.75) is 52.1 Å². The van der Waals surface area contributed by atoms with Crippen LogP contribution in [-0.2, 0) is 9.53 Å². The molecule has 0 saturated carbocycles. The Morgan fingerprint density at radius 1 is 1.23 bits per heavy atom. The molecule has 26 heavy (non-hydrogen) atoms. The maximum atomic E-state index is 12.5. The Labute approximate surface area is 162 Å². The van der Waals surface area contributed by atoms with Crippen LogP contribution >= 0.6 is 15.9 Å². The van der Waals surface area contributed by atoms with Gasteiger partial charge < -0.3 is 19.1 Å². The lowest BCUT2D eigenvalue weighted by Gasteiger charge is -2.38. The van der Waals surface area contributed by atoms with E-state index in [1.807, 2.05) is 25.7 Å². The summed E-state index contributed by atoms with van der Waals surface area (Å²) in [6.45, 7) is 6.13. The van der Waals surface area contributed by atoms with Gasteiger partial charge in [0.15, 0.2) is 18.1 Å². The third-order valence-electron chi connectivity index (χ3n) is 4.56. The normalized spacial score (nSPS) is 19.8. The summed E-state index contributed by atoms with van der Waals surface area (Å²) < 4.78 is 16.6. The van der Waals surface area contributed by atoms with Crippen molar-refractivity contribution in [3.8, 4) is 11.5 Å². The van der Waals surface area contributed by atoms with E-state index < -0.39 is 5.97 Å². The molecule has 1 aliphatic rings. The SMILES string of the molecule is CCOc1c(Br)cc(C(=O)OCC(=O)N2C(C)CCCC2C)cc1OC. The lowest BCUT2D eigenvalue weighted by molar-refractivity contribution is -0.140. The van der Waals surface area contributed by atoms with E-state index in [4.69, 9.17) is 14.2 Å². The van der Waals surface area contributed by atoms with Crippen molar-refractivity contribution in [1.82, 2.24) is 4.90 Å². The Morgan fingerprint density at radius 3 is 2.46 bits per heavy atom. The number of likely N-dealkylation sites (tertiary alicyclic amines) is 1. The molecular formula is C19H26BrNO5. The van der Waals surface area contributed by atoms with E-state index >= 15 is 0 Å². The highest BCUT2D eigenvalue weighted by molar-refractivity contribution is 9.10. The molecule has 1 fully saturated rings. The van der Waals surface area contributed by atoms with Crippen LogP contribution in [0.15, 0.2) is 16.6 Å². The summed E-state index contributed by atoms with van der Waals surface area (Å²) >= 11 is 3.38. The average Bonchev–Trinajstić information content (AvgIpc) is 2.61. The number of rotatable bonds is 6. The van der Waals surface area contributed by atoms with Gasteiger partial charge in [0.2, 0.25) is 0 Å². The van der Waals surface area contributed by atoms with Crippen LogP contribution in [0.4, 0.5) is 0 Å². The fourth-order valence-electron chi connectivity index (χ4n) is 3.32. The van der Waals surface area contributed by atoms with Crippen LogP contribution in [0, 0.1) is 0 Å². The number of amides is 1. The molecule has 1 saturated heterocycles. The van der Waals surface area contributed by atoms with E-state index in [0.717, 1.165) is 19.3 Å². The zero-order chi connectivity index (χ0) is 19.3. The third kappa shape index (κ3) is 4.69. The molecule has 6 nitrogen and oxygen atoms in total. The molecule has 1 amide bonds. The van der Waals surface area contributed by atoms with Crippen LogP contribution < -0.4 is 9.47 Å². The van der Waals surface area contributed by atoms with Gasteiger partial charge in [0.05, 0.1) is 23.8 Å². The highest BCUT2D eigenvalue weighted by Crippen LogP contribution is 2.36. The van der Waals surface area contributed by atoms with Gasteiger partial charge in [-0.05, 0) is 68.1 Å². The highest BCUT2D eigenvalue weighted by Gasteiger charge is 2.29. The van der Waals surface area contributed by atoms with Gasteiger partial charge in [0.25, 0.3) is 5.91 Å². The number of carbonyl (C=O) groups excluding carboxylic acids is 2. The Kier molecular flexibility index (Phi) is 7.32.